The molecule has 0 spiro atoms. The van der Waals surface area contributed by atoms with E-state index in [1.54, 1.807) is 6.20 Å². The maximum absolute atomic E-state index is 6.53. The molecule has 0 atom stereocenters. The third-order valence-corrected chi connectivity index (χ3v) is 5.58. The van der Waals surface area contributed by atoms with Gasteiger partial charge in [-0.2, -0.15) is 0 Å². The van der Waals surface area contributed by atoms with E-state index in [4.69, 9.17) is 28.9 Å². The molecule has 0 amide bonds. The number of fused-ring (bicyclic) bond motifs is 1. The zero-order valence-corrected chi connectivity index (χ0v) is 16.4. The minimum absolute atomic E-state index is 0.307. The largest absolute Gasteiger partial charge is 0.403 e. The number of aliphatic imine (C=N–C) groups is 1. The van der Waals surface area contributed by atoms with Crippen molar-refractivity contribution in [2.24, 2.45) is 10.7 Å². The predicted molar refractivity (Wildman–Crippen MR) is 112 cm³/mol. The van der Waals surface area contributed by atoms with Gasteiger partial charge in [-0.15, -0.1) is 0 Å². The number of hydrogen-bond acceptors (Lipinski definition) is 6. The van der Waals surface area contributed by atoms with E-state index in [2.05, 4.69) is 31.7 Å². The molecule has 27 heavy (non-hydrogen) atoms. The van der Waals surface area contributed by atoms with Crippen LogP contribution in [0.25, 0.3) is 10.9 Å². The van der Waals surface area contributed by atoms with E-state index in [0.29, 0.717) is 28.8 Å². The third kappa shape index (κ3) is 4.34. The van der Waals surface area contributed by atoms with E-state index in [-0.39, 0.29) is 0 Å². The van der Waals surface area contributed by atoms with Gasteiger partial charge in [-0.3, -0.25) is 4.99 Å². The second-order valence-electron chi connectivity index (χ2n) is 7.01. The number of halogens is 2. The van der Waals surface area contributed by atoms with Gasteiger partial charge < -0.3 is 16.4 Å². The van der Waals surface area contributed by atoms with Crippen molar-refractivity contribution in [3.05, 3.63) is 40.8 Å². The van der Waals surface area contributed by atoms with Crippen LogP contribution in [0.1, 0.15) is 37.2 Å². The number of anilines is 1. The number of nitrogens with two attached hydrogens (primary N) is 1. The highest BCUT2D eigenvalue weighted by atomic mass is 35.5. The van der Waals surface area contributed by atoms with Gasteiger partial charge in [-0.05, 0) is 62.4 Å². The first kappa shape index (κ1) is 18.5. The zero-order chi connectivity index (χ0) is 18.8. The molecule has 1 saturated heterocycles. The minimum atomic E-state index is 0.307. The number of nitrogens with zero attached hydrogens (tertiary/aromatic N) is 3. The molecule has 1 aliphatic heterocycles. The van der Waals surface area contributed by atoms with Gasteiger partial charge in [0.05, 0.1) is 17.3 Å². The summed E-state index contributed by atoms with van der Waals surface area (Å²) in [6.07, 6.45) is 7.44. The van der Waals surface area contributed by atoms with Crippen LogP contribution < -0.4 is 16.4 Å². The molecule has 6 nitrogen and oxygen atoms in total. The van der Waals surface area contributed by atoms with Gasteiger partial charge in [0, 0.05) is 22.8 Å². The molecular weight excluding hydrogens is 383 g/mol. The lowest BCUT2D eigenvalue weighted by molar-refractivity contribution is 0.461. The Morgan fingerprint density at radius 2 is 2.04 bits per heavy atom. The van der Waals surface area contributed by atoms with Crippen LogP contribution in [0.3, 0.4) is 0 Å². The van der Waals surface area contributed by atoms with Crippen LogP contribution in [-0.2, 0) is 0 Å². The van der Waals surface area contributed by atoms with Crippen LogP contribution in [-0.4, -0.2) is 34.3 Å². The van der Waals surface area contributed by atoms with Gasteiger partial charge in [0.1, 0.15) is 5.17 Å². The molecule has 1 aromatic carbocycles. The first-order chi connectivity index (χ1) is 13.1. The lowest BCUT2D eigenvalue weighted by atomic mass is 9.89. The summed E-state index contributed by atoms with van der Waals surface area (Å²) in [5.41, 5.74) is 8.21. The fourth-order valence-electron chi connectivity index (χ4n) is 3.29. The maximum Gasteiger partial charge on any atom is 0.227 e. The molecule has 2 aliphatic rings. The lowest BCUT2D eigenvalue weighted by Crippen LogP contribution is -2.26. The predicted octanol–water partition coefficient (Wildman–Crippen LogP) is 3.76. The smallest absolute Gasteiger partial charge is 0.227 e. The van der Waals surface area contributed by atoms with Crippen molar-refractivity contribution in [1.82, 2.24) is 15.3 Å². The molecule has 4 rings (SSSR count). The Morgan fingerprint density at radius 1 is 1.26 bits per heavy atom. The molecule has 2 heterocycles. The summed E-state index contributed by atoms with van der Waals surface area (Å²) in [6.45, 7) is 2.03. The standard InChI is InChI=1S/C19H22Cl2N6/c20-15-7-12-10-24-19(27-17(9-22)18(21)25-13-1-2-13)26-16(12)8-14(15)11-3-5-23-6-4-11/h7-11,13,23H,1-6,22H2,(H,24,26,27)/b17-9+,25-18?. The van der Waals surface area contributed by atoms with Crippen LogP contribution in [0.4, 0.5) is 5.95 Å². The van der Waals surface area contributed by atoms with Gasteiger partial charge in [-0.25, -0.2) is 9.97 Å². The third-order valence-electron chi connectivity index (χ3n) is 4.96. The topological polar surface area (TPSA) is 88.2 Å². The van der Waals surface area contributed by atoms with Crippen molar-refractivity contribution in [2.45, 2.75) is 37.6 Å². The quantitative estimate of drug-likeness (QED) is 0.660. The van der Waals surface area contributed by atoms with Crippen LogP contribution in [0, 0.1) is 0 Å². The van der Waals surface area contributed by atoms with E-state index in [1.165, 1.54) is 6.20 Å². The fourth-order valence-corrected chi connectivity index (χ4v) is 3.86. The summed E-state index contributed by atoms with van der Waals surface area (Å²) in [5, 5.41) is 8.50. The first-order valence-electron chi connectivity index (χ1n) is 9.23. The zero-order valence-electron chi connectivity index (χ0n) is 14.9. The number of allylic oxidation sites excluding steroid dienone is 1. The van der Waals surface area contributed by atoms with Crippen LogP contribution in [0.2, 0.25) is 5.02 Å². The van der Waals surface area contributed by atoms with Gasteiger partial charge in [0.15, 0.2) is 0 Å². The first-order valence-corrected chi connectivity index (χ1v) is 9.99. The van der Waals surface area contributed by atoms with Gasteiger partial charge in [-0.1, -0.05) is 23.2 Å². The van der Waals surface area contributed by atoms with Crippen molar-refractivity contribution in [3.63, 3.8) is 0 Å². The minimum Gasteiger partial charge on any atom is -0.403 e. The molecule has 0 bridgehead atoms. The number of rotatable bonds is 5. The van der Waals surface area contributed by atoms with Crippen LogP contribution in [0.15, 0.2) is 35.2 Å². The summed E-state index contributed by atoms with van der Waals surface area (Å²) in [7, 11) is 0. The Balaban J connectivity index is 1.61. The summed E-state index contributed by atoms with van der Waals surface area (Å²) >= 11 is 12.8. The molecule has 0 radical (unpaired) electrons. The van der Waals surface area contributed by atoms with Crippen molar-refractivity contribution >= 4 is 45.2 Å². The second-order valence-corrected chi connectivity index (χ2v) is 7.77. The average molecular weight is 405 g/mol. The Labute approximate surface area is 168 Å². The molecule has 0 unspecified atom stereocenters. The van der Waals surface area contributed by atoms with Crippen LogP contribution >= 0.6 is 23.2 Å². The van der Waals surface area contributed by atoms with Gasteiger partial charge in [0.25, 0.3) is 0 Å². The van der Waals surface area contributed by atoms with E-state index >= 15 is 0 Å². The van der Waals surface area contributed by atoms with E-state index < -0.39 is 0 Å². The van der Waals surface area contributed by atoms with Crippen molar-refractivity contribution in [2.75, 3.05) is 18.4 Å². The van der Waals surface area contributed by atoms with Crippen molar-refractivity contribution in [3.8, 4) is 0 Å². The van der Waals surface area contributed by atoms with E-state index in [1.807, 2.05) is 6.07 Å². The SMILES string of the molecule is N/C=C(/Nc1ncc2cc(Cl)c(C3CCNCC3)cc2n1)C(Cl)=NC1CC1. The van der Waals surface area contributed by atoms with Crippen LogP contribution in [0.5, 0.6) is 0 Å². The average Bonchev–Trinajstić information content (AvgIpc) is 3.50. The number of benzene rings is 1. The molecule has 142 valence electrons. The van der Waals surface area contributed by atoms with E-state index in [9.17, 15) is 0 Å². The Bertz CT molecular complexity index is 900. The Hall–Kier alpha value is -1.89. The molecule has 8 heteroatoms. The molecule has 1 aromatic heterocycles. The normalized spacial score (nSPS) is 19.5. The maximum atomic E-state index is 6.53. The molecule has 2 aromatic rings. The Morgan fingerprint density at radius 3 is 2.74 bits per heavy atom. The van der Waals surface area contributed by atoms with Crippen molar-refractivity contribution < 1.29 is 0 Å². The van der Waals surface area contributed by atoms with Gasteiger partial charge >= 0.3 is 0 Å². The lowest BCUT2D eigenvalue weighted by Gasteiger charge is -2.24. The van der Waals surface area contributed by atoms with Crippen molar-refractivity contribution in [1.29, 1.82) is 0 Å². The molecule has 1 aliphatic carbocycles. The molecular formula is C19H22Cl2N6. The number of piperidine rings is 1. The highest BCUT2D eigenvalue weighted by Gasteiger charge is 2.22. The van der Waals surface area contributed by atoms with E-state index in [0.717, 1.165) is 60.3 Å². The summed E-state index contributed by atoms with van der Waals surface area (Å²) in [6, 6.07) is 4.33. The highest BCUT2D eigenvalue weighted by molar-refractivity contribution is 6.69. The number of aromatic nitrogens is 2. The monoisotopic (exact) mass is 404 g/mol. The second kappa shape index (κ2) is 8.00. The summed E-state index contributed by atoms with van der Waals surface area (Å²) in [5.74, 6) is 0.885. The summed E-state index contributed by atoms with van der Waals surface area (Å²) in [4.78, 5) is 13.4. The summed E-state index contributed by atoms with van der Waals surface area (Å²) < 4.78 is 0. The van der Waals surface area contributed by atoms with Gasteiger partial charge in [0.2, 0.25) is 5.95 Å². The number of nitrogens with one attached hydrogen (secondary N) is 2. The molecule has 1 saturated carbocycles. The molecule has 4 N–H and O–H groups in total. The Kier molecular flexibility index (Phi) is 5.48. The molecule has 2 fully saturated rings. The highest BCUT2D eigenvalue weighted by Crippen LogP contribution is 2.34. The fraction of sp³-hybridized carbons (Fsp3) is 0.421. The number of hydrogen-bond donors (Lipinski definition) is 3.